The van der Waals surface area contributed by atoms with E-state index in [9.17, 15) is 19.7 Å². The maximum absolute atomic E-state index is 12.6. The van der Waals surface area contributed by atoms with Crippen LogP contribution in [-0.2, 0) is 4.79 Å². The second-order valence-electron chi connectivity index (χ2n) is 6.54. The van der Waals surface area contributed by atoms with E-state index < -0.39 is 22.4 Å². The van der Waals surface area contributed by atoms with Gasteiger partial charge in [-0.05, 0) is 43.3 Å². The van der Waals surface area contributed by atoms with E-state index in [0.717, 1.165) is 4.68 Å². The number of anilines is 1. The summed E-state index contributed by atoms with van der Waals surface area (Å²) in [6.45, 7) is 1.68. The van der Waals surface area contributed by atoms with Crippen LogP contribution >= 0.6 is 0 Å². The van der Waals surface area contributed by atoms with Crippen molar-refractivity contribution in [2.24, 2.45) is 0 Å². The second kappa shape index (κ2) is 7.66. The third kappa shape index (κ3) is 3.70. The number of amides is 1. The SMILES string of the molecule is CC(C(=O)Nc1ccc([N+](=O)[O-])cc1)n1nc(-c2ccc3c(c2)OCO3)ccc1=O. The Bertz CT molecular complexity index is 1190. The lowest BCUT2D eigenvalue weighted by Gasteiger charge is -2.15. The summed E-state index contributed by atoms with van der Waals surface area (Å²) in [4.78, 5) is 35.1. The lowest BCUT2D eigenvalue weighted by molar-refractivity contribution is -0.384. The fraction of sp³-hybridized carbons (Fsp3) is 0.150. The van der Waals surface area contributed by atoms with Crippen molar-refractivity contribution in [3.8, 4) is 22.8 Å². The van der Waals surface area contributed by atoms with E-state index in [1.165, 1.54) is 30.3 Å². The van der Waals surface area contributed by atoms with Gasteiger partial charge in [-0.2, -0.15) is 5.10 Å². The molecule has 0 aliphatic carbocycles. The topological polar surface area (TPSA) is 126 Å². The molecule has 10 nitrogen and oxygen atoms in total. The van der Waals surface area contributed by atoms with E-state index in [1.54, 1.807) is 31.2 Å². The van der Waals surface area contributed by atoms with Gasteiger partial charge >= 0.3 is 0 Å². The number of rotatable bonds is 5. The Balaban J connectivity index is 1.56. The third-order valence-electron chi connectivity index (χ3n) is 4.59. The zero-order chi connectivity index (χ0) is 21.3. The van der Waals surface area contributed by atoms with E-state index >= 15 is 0 Å². The number of nitrogens with one attached hydrogen (secondary N) is 1. The number of fused-ring (bicyclic) bond motifs is 1. The van der Waals surface area contributed by atoms with Crippen molar-refractivity contribution >= 4 is 17.3 Å². The average Bonchev–Trinajstić information content (AvgIpc) is 3.22. The van der Waals surface area contributed by atoms with Gasteiger partial charge in [0.25, 0.3) is 11.2 Å². The van der Waals surface area contributed by atoms with Crippen LogP contribution in [0.1, 0.15) is 13.0 Å². The molecule has 0 saturated carbocycles. The van der Waals surface area contributed by atoms with Crippen molar-refractivity contribution in [3.63, 3.8) is 0 Å². The highest BCUT2D eigenvalue weighted by atomic mass is 16.7. The minimum atomic E-state index is -0.915. The predicted molar refractivity (Wildman–Crippen MR) is 106 cm³/mol. The Morgan fingerprint density at radius 3 is 2.60 bits per heavy atom. The van der Waals surface area contributed by atoms with Crippen molar-refractivity contribution in [2.75, 3.05) is 12.1 Å². The molecule has 30 heavy (non-hydrogen) atoms. The zero-order valence-electron chi connectivity index (χ0n) is 15.8. The lowest BCUT2D eigenvalue weighted by atomic mass is 10.1. The number of carbonyl (C=O) groups is 1. The molecule has 3 aromatic rings. The van der Waals surface area contributed by atoms with Crippen molar-refractivity contribution in [3.05, 3.63) is 75.1 Å². The zero-order valence-corrected chi connectivity index (χ0v) is 15.8. The molecule has 1 aliphatic heterocycles. The maximum atomic E-state index is 12.6. The fourth-order valence-electron chi connectivity index (χ4n) is 2.94. The van der Waals surface area contributed by atoms with Crippen LogP contribution in [0.4, 0.5) is 11.4 Å². The standard InChI is InChI=1S/C20H16N4O6/c1-12(20(26)21-14-3-5-15(6-4-14)24(27)28)23-19(25)9-7-16(22-23)13-2-8-17-18(10-13)30-11-29-17/h2-10,12H,11H2,1H3,(H,21,26). The van der Waals surface area contributed by atoms with E-state index in [1.807, 2.05) is 0 Å². The summed E-state index contributed by atoms with van der Waals surface area (Å²) in [6, 6.07) is 12.7. The van der Waals surface area contributed by atoms with Crippen molar-refractivity contribution < 1.29 is 19.2 Å². The van der Waals surface area contributed by atoms with Crippen LogP contribution in [-0.4, -0.2) is 27.4 Å². The van der Waals surface area contributed by atoms with Gasteiger partial charge in [0.2, 0.25) is 12.7 Å². The smallest absolute Gasteiger partial charge is 0.269 e. The summed E-state index contributed by atoms with van der Waals surface area (Å²) < 4.78 is 11.7. The summed E-state index contributed by atoms with van der Waals surface area (Å²) >= 11 is 0. The highest BCUT2D eigenvalue weighted by molar-refractivity contribution is 5.93. The van der Waals surface area contributed by atoms with Gasteiger partial charge in [-0.1, -0.05) is 0 Å². The average molecular weight is 408 g/mol. The largest absolute Gasteiger partial charge is 0.454 e. The summed E-state index contributed by atoms with van der Waals surface area (Å²) in [5.74, 6) is 0.722. The van der Waals surface area contributed by atoms with Crippen LogP contribution in [0.3, 0.4) is 0 Å². The molecule has 4 rings (SSSR count). The summed E-state index contributed by atoms with van der Waals surface area (Å²) in [7, 11) is 0. The molecular formula is C20H16N4O6. The van der Waals surface area contributed by atoms with Gasteiger partial charge in [0.1, 0.15) is 6.04 Å². The number of carbonyl (C=O) groups excluding carboxylic acids is 1. The number of nitro groups is 1. The Hall–Kier alpha value is -4.21. The van der Waals surface area contributed by atoms with Gasteiger partial charge in [-0.15, -0.1) is 0 Å². The molecule has 1 N–H and O–H groups in total. The van der Waals surface area contributed by atoms with Crippen LogP contribution in [0.15, 0.2) is 59.4 Å². The number of non-ortho nitro benzene ring substituents is 1. The predicted octanol–water partition coefficient (Wildman–Crippen LogP) is 2.75. The van der Waals surface area contributed by atoms with Gasteiger partial charge in [-0.25, -0.2) is 4.68 Å². The highest BCUT2D eigenvalue weighted by Gasteiger charge is 2.20. The first-order valence-electron chi connectivity index (χ1n) is 8.97. The molecule has 1 aliphatic rings. The monoisotopic (exact) mass is 408 g/mol. The molecule has 0 saturated heterocycles. The first kappa shape index (κ1) is 19.1. The second-order valence-corrected chi connectivity index (χ2v) is 6.54. The highest BCUT2D eigenvalue weighted by Crippen LogP contribution is 2.35. The van der Waals surface area contributed by atoms with Crippen molar-refractivity contribution in [1.82, 2.24) is 9.78 Å². The summed E-state index contributed by atoms with van der Waals surface area (Å²) in [5.41, 5.74) is 1.04. The molecule has 1 amide bonds. The Morgan fingerprint density at radius 1 is 1.13 bits per heavy atom. The van der Waals surface area contributed by atoms with Crippen LogP contribution in [0.5, 0.6) is 11.5 Å². The number of nitro benzene ring substituents is 1. The van der Waals surface area contributed by atoms with Crippen LogP contribution in [0.25, 0.3) is 11.3 Å². The first-order chi connectivity index (χ1) is 14.4. The summed E-state index contributed by atoms with van der Waals surface area (Å²) in [5, 5.41) is 17.7. The lowest BCUT2D eigenvalue weighted by Crippen LogP contribution is -2.33. The summed E-state index contributed by atoms with van der Waals surface area (Å²) in [6.07, 6.45) is 0. The molecule has 0 bridgehead atoms. The number of nitrogens with zero attached hydrogens (tertiary/aromatic N) is 3. The third-order valence-corrected chi connectivity index (χ3v) is 4.59. The minimum absolute atomic E-state index is 0.0876. The molecule has 0 radical (unpaired) electrons. The molecule has 0 spiro atoms. The number of hydrogen-bond donors (Lipinski definition) is 1. The molecule has 0 fully saturated rings. The molecule has 1 atom stereocenters. The van der Waals surface area contributed by atoms with Crippen molar-refractivity contribution in [1.29, 1.82) is 0 Å². The normalized spacial score (nSPS) is 13.0. The van der Waals surface area contributed by atoms with Gasteiger partial charge in [0.05, 0.1) is 10.6 Å². The molecular weight excluding hydrogens is 392 g/mol. The van der Waals surface area contributed by atoms with Gasteiger partial charge in [0, 0.05) is 29.4 Å². The molecule has 1 aromatic heterocycles. The van der Waals surface area contributed by atoms with Gasteiger partial charge < -0.3 is 14.8 Å². The van der Waals surface area contributed by atoms with Gasteiger partial charge in [-0.3, -0.25) is 19.7 Å². The number of hydrogen-bond acceptors (Lipinski definition) is 7. The first-order valence-corrected chi connectivity index (χ1v) is 8.97. The van der Waals surface area contributed by atoms with Crippen molar-refractivity contribution in [2.45, 2.75) is 13.0 Å². The minimum Gasteiger partial charge on any atom is -0.454 e. The van der Waals surface area contributed by atoms with E-state index in [4.69, 9.17) is 9.47 Å². The number of ether oxygens (including phenoxy) is 2. The fourth-order valence-corrected chi connectivity index (χ4v) is 2.94. The number of aromatic nitrogens is 2. The maximum Gasteiger partial charge on any atom is 0.269 e. The number of benzene rings is 2. The molecule has 2 heterocycles. The Morgan fingerprint density at radius 2 is 1.87 bits per heavy atom. The van der Waals surface area contributed by atoms with E-state index in [-0.39, 0.29) is 12.5 Å². The molecule has 10 heteroatoms. The van der Waals surface area contributed by atoms with Crippen LogP contribution < -0.4 is 20.3 Å². The Labute approximate surface area is 169 Å². The quantitative estimate of drug-likeness (QED) is 0.508. The van der Waals surface area contributed by atoms with E-state index in [0.29, 0.717) is 28.4 Å². The molecule has 152 valence electrons. The van der Waals surface area contributed by atoms with Gasteiger partial charge in [0.15, 0.2) is 11.5 Å². The van der Waals surface area contributed by atoms with E-state index in [2.05, 4.69) is 10.4 Å². The van der Waals surface area contributed by atoms with Crippen LogP contribution in [0, 0.1) is 10.1 Å². The van der Waals surface area contributed by atoms with Crippen LogP contribution in [0.2, 0.25) is 0 Å². The molecule has 2 aromatic carbocycles. The molecule has 1 unspecified atom stereocenters. The Kier molecular flexibility index (Phi) is 4.88.